The van der Waals surface area contributed by atoms with Crippen LogP contribution in [0.15, 0.2) is 42.9 Å². The predicted octanol–water partition coefficient (Wildman–Crippen LogP) is 2.80. The molecule has 0 aliphatic heterocycles. The van der Waals surface area contributed by atoms with Crippen molar-refractivity contribution in [3.05, 3.63) is 47.9 Å². The summed E-state index contributed by atoms with van der Waals surface area (Å²) in [6, 6.07) is 7.39. The molecule has 2 heterocycles. The molecule has 0 radical (unpaired) electrons. The Balaban J connectivity index is 2.48. The van der Waals surface area contributed by atoms with E-state index in [1.54, 1.807) is 24.7 Å². The van der Waals surface area contributed by atoms with Crippen LogP contribution >= 0.6 is 11.6 Å². The largest absolute Gasteiger partial charge is 0.265 e. The Labute approximate surface area is 81.2 Å². The second-order valence-corrected chi connectivity index (χ2v) is 3.03. The van der Waals surface area contributed by atoms with Gasteiger partial charge in [0.2, 0.25) is 0 Å². The van der Waals surface area contributed by atoms with Crippen molar-refractivity contribution in [2.24, 2.45) is 0 Å². The van der Waals surface area contributed by atoms with Crippen LogP contribution in [0.3, 0.4) is 0 Å². The number of hydrogen-bond donors (Lipinski definition) is 0. The SMILES string of the molecule is Clc1ccnc(-c2ccncc2)c1. The average molecular weight is 191 g/mol. The van der Waals surface area contributed by atoms with Crippen molar-refractivity contribution in [1.82, 2.24) is 9.97 Å². The molecule has 64 valence electrons. The lowest BCUT2D eigenvalue weighted by molar-refractivity contribution is 1.29. The molecule has 0 saturated carbocycles. The van der Waals surface area contributed by atoms with Gasteiger partial charge in [-0.25, -0.2) is 0 Å². The van der Waals surface area contributed by atoms with Gasteiger partial charge in [0.1, 0.15) is 0 Å². The molecule has 2 nitrogen and oxygen atoms in total. The second-order valence-electron chi connectivity index (χ2n) is 2.60. The Morgan fingerprint density at radius 3 is 2.46 bits per heavy atom. The van der Waals surface area contributed by atoms with Gasteiger partial charge in [0, 0.05) is 29.2 Å². The summed E-state index contributed by atoms with van der Waals surface area (Å²) in [6.07, 6.45) is 5.16. The van der Waals surface area contributed by atoms with Gasteiger partial charge in [-0.1, -0.05) is 11.6 Å². The van der Waals surface area contributed by atoms with E-state index in [-0.39, 0.29) is 0 Å². The van der Waals surface area contributed by atoms with Gasteiger partial charge in [0.15, 0.2) is 0 Å². The third-order valence-electron chi connectivity index (χ3n) is 1.70. The van der Waals surface area contributed by atoms with Crippen molar-refractivity contribution in [3.8, 4) is 11.3 Å². The molecule has 0 saturated heterocycles. The molecule has 2 rings (SSSR count). The molecule has 2 aromatic rings. The number of nitrogens with zero attached hydrogens (tertiary/aromatic N) is 2. The zero-order valence-electron chi connectivity index (χ0n) is 6.81. The Kier molecular flexibility index (Phi) is 2.23. The molecule has 0 aliphatic carbocycles. The topological polar surface area (TPSA) is 25.8 Å². The zero-order chi connectivity index (χ0) is 9.10. The lowest BCUT2D eigenvalue weighted by atomic mass is 10.2. The van der Waals surface area contributed by atoms with Crippen LogP contribution in [0.5, 0.6) is 0 Å². The normalized spacial score (nSPS) is 9.92. The number of aromatic nitrogens is 2. The molecular formula is C10H7ClN2. The first-order chi connectivity index (χ1) is 6.36. The van der Waals surface area contributed by atoms with E-state index in [2.05, 4.69) is 9.97 Å². The summed E-state index contributed by atoms with van der Waals surface area (Å²) in [5.74, 6) is 0. The van der Waals surface area contributed by atoms with Crippen LogP contribution in [0.1, 0.15) is 0 Å². The zero-order valence-corrected chi connectivity index (χ0v) is 7.57. The highest BCUT2D eigenvalue weighted by atomic mass is 35.5. The highest BCUT2D eigenvalue weighted by Crippen LogP contribution is 2.18. The maximum atomic E-state index is 5.84. The Morgan fingerprint density at radius 2 is 1.77 bits per heavy atom. The van der Waals surface area contributed by atoms with Crippen molar-refractivity contribution < 1.29 is 0 Å². The van der Waals surface area contributed by atoms with Crippen molar-refractivity contribution in [2.75, 3.05) is 0 Å². The summed E-state index contributed by atoms with van der Waals surface area (Å²) >= 11 is 5.84. The molecule has 0 spiro atoms. The fraction of sp³-hybridized carbons (Fsp3) is 0. The van der Waals surface area contributed by atoms with E-state index in [0.717, 1.165) is 11.3 Å². The molecule has 0 atom stereocenters. The number of hydrogen-bond acceptors (Lipinski definition) is 2. The van der Waals surface area contributed by atoms with Gasteiger partial charge in [0.05, 0.1) is 5.69 Å². The maximum absolute atomic E-state index is 5.84. The fourth-order valence-electron chi connectivity index (χ4n) is 1.09. The summed E-state index contributed by atoms with van der Waals surface area (Å²) in [5, 5.41) is 0.696. The van der Waals surface area contributed by atoms with Crippen molar-refractivity contribution in [1.29, 1.82) is 0 Å². The van der Waals surface area contributed by atoms with Gasteiger partial charge in [-0.05, 0) is 24.3 Å². The number of pyridine rings is 2. The van der Waals surface area contributed by atoms with Gasteiger partial charge in [0.25, 0.3) is 0 Å². The minimum Gasteiger partial charge on any atom is -0.265 e. The third-order valence-corrected chi connectivity index (χ3v) is 1.93. The van der Waals surface area contributed by atoms with E-state index < -0.39 is 0 Å². The minimum atomic E-state index is 0.696. The van der Waals surface area contributed by atoms with Gasteiger partial charge in [-0.2, -0.15) is 0 Å². The fourth-order valence-corrected chi connectivity index (χ4v) is 1.25. The second kappa shape index (κ2) is 3.54. The van der Waals surface area contributed by atoms with E-state index >= 15 is 0 Å². The predicted molar refractivity (Wildman–Crippen MR) is 52.5 cm³/mol. The highest BCUT2D eigenvalue weighted by Gasteiger charge is 1.97. The Morgan fingerprint density at radius 1 is 1.00 bits per heavy atom. The van der Waals surface area contributed by atoms with Gasteiger partial charge < -0.3 is 0 Å². The molecule has 0 unspecified atom stereocenters. The van der Waals surface area contributed by atoms with Crippen LogP contribution in [0.25, 0.3) is 11.3 Å². The van der Waals surface area contributed by atoms with E-state index in [1.807, 2.05) is 18.2 Å². The lowest BCUT2D eigenvalue weighted by Crippen LogP contribution is -1.82. The van der Waals surface area contributed by atoms with Gasteiger partial charge in [-0.3, -0.25) is 9.97 Å². The van der Waals surface area contributed by atoms with E-state index in [1.165, 1.54) is 0 Å². The van der Waals surface area contributed by atoms with E-state index in [4.69, 9.17) is 11.6 Å². The summed E-state index contributed by atoms with van der Waals surface area (Å²) in [5.41, 5.74) is 1.90. The van der Waals surface area contributed by atoms with Crippen LogP contribution in [0.2, 0.25) is 5.02 Å². The monoisotopic (exact) mass is 190 g/mol. The molecule has 0 amide bonds. The quantitative estimate of drug-likeness (QED) is 0.691. The van der Waals surface area contributed by atoms with Gasteiger partial charge >= 0.3 is 0 Å². The standard InChI is InChI=1S/C10H7ClN2/c11-9-3-6-13-10(7-9)8-1-4-12-5-2-8/h1-7H. The van der Waals surface area contributed by atoms with Crippen LogP contribution in [-0.2, 0) is 0 Å². The Bertz CT molecular complexity index is 401. The minimum absolute atomic E-state index is 0.696. The molecular weight excluding hydrogens is 184 g/mol. The lowest BCUT2D eigenvalue weighted by Gasteiger charge is -1.98. The van der Waals surface area contributed by atoms with Crippen molar-refractivity contribution in [2.45, 2.75) is 0 Å². The first-order valence-corrected chi connectivity index (χ1v) is 4.26. The molecule has 0 bridgehead atoms. The third kappa shape index (κ3) is 1.84. The maximum Gasteiger partial charge on any atom is 0.0717 e. The van der Waals surface area contributed by atoms with Gasteiger partial charge in [-0.15, -0.1) is 0 Å². The first-order valence-electron chi connectivity index (χ1n) is 3.88. The smallest absolute Gasteiger partial charge is 0.0717 e. The van der Waals surface area contributed by atoms with Crippen molar-refractivity contribution >= 4 is 11.6 Å². The number of halogens is 1. The molecule has 3 heteroatoms. The molecule has 13 heavy (non-hydrogen) atoms. The average Bonchev–Trinajstić information content (AvgIpc) is 2.19. The number of rotatable bonds is 1. The molecule has 2 aromatic heterocycles. The Hall–Kier alpha value is -1.41. The highest BCUT2D eigenvalue weighted by molar-refractivity contribution is 6.30. The van der Waals surface area contributed by atoms with Crippen LogP contribution < -0.4 is 0 Å². The van der Waals surface area contributed by atoms with Crippen LogP contribution in [0.4, 0.5) is 0 Å². The summed E-state index contributed by atoms with van der Waals surface area (Å²) in [6.45, 7) is 0. The molecule has 0 aliphatic rings. The van der Waals surface area contributed by atoms with E-state index in [9.17, 15) is 0 Å². The van der Waals surface area contributed by atoms with Crippen LogP contribution in [0, 0.1) is 0 Å². The summed E-state index contributed by atoms with van der Waals surface area (Å²) < 4.78 is 0. The summed E-state index contributed by atoms with van der Waals surface area (Å²) in [4.78, 5) is 8.13. The molecule has 0 fully saturated rings. The first kappa shape index (κ1) is 8.20. The van der Waals surface area contributed by atoms with E-state index in [0.29, 0.717) is 5.02 Å². The van der Waals surface area contributed by atoms with Crippen LogP contribution in [-0.4, -0.2) is 9.97 Å². The molecule has 0 N–H and O–H groups in total. The molecule has 0 aromatic carbocycles. The van der Waals surface area contributed by atoms with Crippen molar-refractivity contribution in [3.63, 3.8) is 0 Å². The summed E-state index contributed by atoms with van der Waals surface area (Å²) in [7, 11) is 0.